The van der Waals surface area contributed by atoms with Crippen LogP contribution in [-0.2, 0) is 33.7 Å². The average Bonchev–Trinajstić information content (AvgIpc) is 3.57. The highest BCUT2D eigenvalue weighted by Crippen LogP contribution is 2.33. The molecule has 6 rings (SSSR count). The Kier molecular flexibility index (Phi) is 8.40. The van der Waals surface area contributed by atoms with Crippen LogP contribution in [0.1, 0.15) is 48.4 Å². The summed E-state index contributed by atoms with van der Waals surface area (Å²) in [5.74, 6) is 0.504. The van der Waals surface area contributed by atoms with Crippen LogP contribution in [0, 0.1) is 0 Å². The van der Waals surface area contributed by atoms with Crippen molar-refractivity contribution in [2.45, 2.75) is 57.0 Å². The zero-order valence-electron chi connectivity index (χ0n) is 24.4. The Morgan fingerprint density at radius 3 is 2.71 bits per heavy atom. The van der Waals surface area contributed by atoms with Gasteiger partial charge in [-0.15, -0.1) is 0 Å². The normalized spacial score (nSPS) is 17.3. The molecule has 218 valence electrons. The number of para-hydroxylation sites is 1. The van der Waals surface area contributed by atoms with Crippen molar-refractivity contribution < 1.29 is 14.3 Å². The minimum absolute atomic E-state index is 0.0437. The summed E-state index contributed by atoms with van der Waals surface area (Å²) in [4.78, 5) is 27.1. The molecule has 2 atom stereocenters. The fourth-order valence-corrected chi connectivity index (χ4v) is 6.60. The molecule has 2 amide bonds. The standard InChI is InChI=1S/C35H40N4O3/c1-42-17-5-16-39-32-8-3-2-6-27(32)20-33(39)28-7-4-15-38(23-28)35(41)22-30(36)18-24-9-11-25(12-10-24)26-13-14-31-29(19-26)21-34(40)37-31/h2-3,6,8-14,19-20,28,30H,4-5,7,15-18,21-23,36H2,1H3,(H,37,40). The molecular formula is C35H40N4O3. The maximum absolute atomic E-state index is 13.4. The Hall–Kier alpha value is -3.94. The number of rotatable bonds is 10. The molecule has 2 aliphatic heterocycles. The number of carbonyl (C=O) groups excluding carboxylic acids is 2. The van der Waals surface area contributed by atoms with Gasteiger partial charge in [-0.3, -0.25) is 9.59 Å². The van der Waals surface area contributed by atoms with Gasteiger partial charge in [0.25, 0.3) is 0 Å². The number of fused-ring (bicyclic) bond motifs is 2. The van der Waals surface area contributed by atoms with E-state index in [0.29, 0.717) is 25.2 Å². The number of carbonyl (C=O) groups is 2. The molecule has 42 heavy (non-hydrogen) atoms. The highest BCUT2D eigenvalue weighted by molar-refractivity contribution is 5.99. The predicted molar refractivity (Wildman–Crippen MR) is 167 cm³/mol. The second-order valence-corrected chi connectivity index (χ2v) is 11.8. The lowest BCUT2D eigenvalue weighted by Gasteiger charge is -2.34. The number of aromatic nitrogens is 1. The van der Waals surface area contributed by atoms with Crippen LogP contribution in [0.2, 0.25) is 0 Å². The van der Waals surface area contributed by atoms with Crippen molar-refractivity contribution >= 4 is 28.4 Å². The Bertz CT molecular complexity index is 1580. The van der Waals surface area contributed by atoms with Gasteiger partial charge in [-0.1, -0.05) is 48.5 Å². The molecule has 7 heteroatoms. The number of ether oxygens (including phenoxy) is 1. The lowest BCUT2D eigenvalue weighted by Crippen LogP contribution is -2.42. The summed E-state index contributed by atoms with van der Waals surface area (Å²) >= 11 is 0. The SMILES string of the molecule is COCCCn1c(C2CCCN(C(=O)CC(N)Cc3ccc(-c4ccc5c(c4)CC(=O)N5)cc3)C2)cc2ccccc21. The third kappa shape index (κ3) is 6.13. The van der Waals surface area contributed by atoms with E-state index in [1.807, 2.05) is 17.0 Å². The van der Waals surface area contributed by atoms with E-state index in [1.165, 1.54) is 16.6 Å². The van der Waals surface area contributed by atoms with Gasteiger partial charge in [-0.05, 0) is 77.6 Å². The smallest absolute Gasteiger partial charge is 0.228 e. The van der Waals surface area contributed by atoms with Gasteiger partial charge in [0.1, 0.15) is 0 Å². The first-order valence-corrected chi connectivity index (χ1v) is 15.1. The van der Waals surface area contributed by atoms with Crippen molar-refractivity contribution in [3.63, 3.8) is 0 Å². The van der Waals surface area contributed by atoms with E-state index in [0.717, 1.165) is 73.4 Å². The number of anilines is 1. The number of hydrogen-bond acceptors (Lipinski definition) is 4. The van der Waals surface area contributed by atoms with Gasteiger partial charge in [-0.2, -0.15) is 0 Å². The molecule has 2 unspecified atom stereocenters. The first-order chi connectivity index (χ1) is 20.5. The number of methoxy groups -OCH3 is 1. The van der Waals surface area contributed by atoms with Crippen molar-refractivity contribution in [2.75, 3.05) is 32.1 Å². The van der Waals surface area contributed by atoms with Gasteiger partial charge in [0.15, 0.2) is 0 Å². The molecule has 3 N–H and O–H groups in total. The molecule has 1 fully saturated rings. The minimum Gasteiger partial charge on any atom is -0.385 e. The quantitative estimate of drug-likeness (QED) is 0.249. The number of piperidine rings is 1. The summed E-state index contributed by atoms with van der Waals surface area (Å²) in [5, 5.41) is 4.14. The highest BCUT2D eigenvalue weighted by Gasteiger charge is 2.28. The minimum atomic E-state index is -0.235. The Balaban J connectivity index is 1.07. The van der Waals surface area contributed by atoms with Gasteiger partial charge in [0.2, 0.25) is 11.8 Å². The molecule has 2 aliphatic rings. The molecular weight excluding hydrogens is 524 g/mol. The summed E-state index contributed by atoms with van der Waals surface area (Å²) in [5.41, 5.74) is 14.3. The average molecular weight is 565 g/mol. The number of aryl methyl sites for hydroxylation is 1. The van der Waals surface area contributed by atoms with Crippen LogP contribution in [0.15, 0.2) is 72.8 Å². The van der Waals surface area contributed by atoms with Crippen LogP contribution in [-0.4, -0.2) is 54.1 Å². The third-order valence-corrected chi connectivity index (χ3v) is 8.72. The Morgan fingerprint density at radius 2 is 1.88 bits per heavy atom. The van der Waals surface area contributed by atoms with Crippen molar-refractivity contribution in [1.29, 1.82) is 0 Å². The van der Waals surface area contributed by atoms with E-state index in [4.69, 9.17) is 10.5 Å². The van der Waals surface area contributed by atoms with Crippen molar-refractivity contribution in [3.8, 4) is 11.1 Å². The number of nitrogens with zero attached hydrogens (tertiary/aromatic N) is 2. The maximum Gasteiger partial charge on any atom is 0.228 e. The number of nitrogens with two attached hydrogens (primary N) is 1. The number of likely N-dealkylation sites (tertiary alicyclic amines) is 1. The van der Waals surface area contributed by atoms with Crippen LogP contribution >= 0.6 is 0 Å². The number of nitrogens with one attached hydrogen (secondary N) is 1. The third-order valence-electron chi connectivity index (χ3n) is 8.72. The van der Waals surface area contributed by atoms with Crippen LogP contribution in [0.4, 0.5) is 5.69 Å². The summed E-state index contributed by atoms with van der Waals surface area (Å²) in [6.45, 7) is 3.18. The lowest BCUT2D eigenvalue weighted by molar-refractivity contribution is -0.132. The molecule has 0 bridgehead atoms. The molecule has 3 aromatic carbocycles. The highest BCUT2D eigenvalue weighted by atomic mass is 16.5. The van der Waals surface area contributed by atoms with Gasteiger partial charge < -0.3 is 25.3 Å². The molecule has 7 nitrogen and oxygen atoms in total. The van der Waals surface area contributed by atoms with E-state index >= 15 is 0 Å². The van der Waals surface area contributed by atoms with Crippen LogP contribution < -0.4 is 11.1 Å². The van der Waals surface area contributed by atoms with Crippen molar-refractivity contribution in [3.05, 3.63) is 89.6 Å². The monoisotopic (exact) mass is 564 g/mol. The van der Waals surface area contributed by atoms with Crippen molar-refractivity contribution in [1.82, 2.24) is 9.47 Å². The lowest BCUT2D eigenvalue weighted by atomic mass is 9.93. The zero-order valence-corrected chi connectivity index (χ0v) is 24.4. The van der Waals surface area contributed by atoms with Gasteiger partial charge in [-0.25, -0.2) is 0 Å². The molecule has 0 spiro atoms. The van der Waals surface area contributed by atoms with Gasteiger partial charge in [0, 0.05) is 68.6 Å². The second-order valence-electron chi connectivity index (χ2n) is 11.8. The summed E-state index contributed by atoms with van der Waals surface area (Å²) in [7, 11) is 1.75. The fourth-order valence-electron chi connectivity index (χ4n) is 6.60. The number of amides is 2. The van der Waals surface area contributed by atoms with Crippen LogP contribution in [0.25, 0.3) is 22.0 Å². The topological polar surface area (TPSA) is 89.6 Å². The first kappa shape index (κ1) is 28.2. The molecule has 0 radical (unpaired) electrons. The van der Waals surface area contributed by atoms with E-state index in [9.17, 15) is 9.59 Å². The van der Waals surface area contributed by atoms with E-state index < -0.39 is 0 Å². The molecule has 1 saturated heterocycles. The fraction of sp³-hybridized carbons (Fsp3) is 0.371. The molecule has 0 aliphatic carbocycles. The van der Waals surface area contributed by atoms with E-state index in [1.54, 1.807) is 7.11 Å². The maximum atomic E-state index is 13.4. The van der Waals surface area contributed by atoms with Gasteiger partial charge >= 0.3 is 0 Å². The first-order valence-electron chi connectivity index (χ1n) is 15.1. The molecule has 3 heterocycles. The van der Waals surface area contributed by atoms with Crippen LogP contribution in [0.3, 0.4) is 0 Å². The second kappa shape index (κ2) is 12.5. The zero-order chi connectivity index (χ0) is 29.1. The van der Waals surface area contributed by atoms with Gasteiger partial charge in [0.05, 0.1) is 6.42 Å². The number of benzene rings is 3. The largest absolute Gasteiger partial charge is 0.385 e. The predicted octanol–water partition coefficient (Wildman–Crippen LogP) is 5.51. The summed E-state index contributed by atoms with van der Waals surface area (Å²) in [6.07, 6.45) is 4.47. The van der Waals surface area contributed by atoms with Crippen molar-refractivity contribution in [2.24, 2.45) is 5.73 Å². The summed E-state index contributed by atoms with van der Waals surface area (Å²) in [6, 6.07) is 25.1. The Labute approximate surface area is 247 Å². The summed E-state index contributed by atoms with van der Waals surface area (Å²) < 4.78 is 7.75. The molecule has 1 aromatic heterocycles. The van der Waals surface area contributed by atoms with Crippen LogP contribution in [0.5, 0.6) is 0 Å². The molecule has 4 aromatic rings. The van der Waals surface area contributed by atoms with E-state index in [-0.39, 0.29) is 17.9 Å². The molecule has 0 saturated carbocycles. The van der Waals surface area contributed by atoms with E-state index in [2.05, 4.69) is 70.5 Å². The Morgan fingerprint density at radius 1 is 1.07 bits per heavy atom. The number of hydrogen-bond donors (Lipinski definition) is 2.